The number of fused-ring (bicyclic) bond motifs is 2. The van der Waals surface area contributed by atoms with E-state index in [9.17, 15) is 10.2 Å². The van der Waals surface area contributed by atoms with Crippen LogP contribution in [0.25, 0.3) is 10.8 Å². The SMILES string of the molecule is Oc1c2c(c(O)c3ccccc13)COCC2. The lowest BCUT2D eigenvalue weighted by Gasteiger charge is -2.20. The predicted octanol–water partition coefficient (Wildman–Crippen LogP) is 2.32. The lowest BCUT2D eigenvalue weighted by molar-refractivity contribution is 0.108. The van der Waals surface area contributed by atoms with Crippen molar-refractivity contribution < 1.29 is 14.9 Å². The lowest BCUT2D eigenvalue weighted by Crippen LogP contribution is -2.10. The maximum atomic E-state index is 10.2. The van der Waals surface area contributed by atoms with E-state index in [4.69, 9.17) is 4.74 Å². The number of aromatic hydroxyl groups is 2. The van der Waals surface area contributed by atoms with Gasteiger partial charge in [0.15, 0.2) is 0 Å². The minimum Gasteiger partial charge on any atom is -0.507 e. The minimum atomic E-state index is 0.239. The van der Waals surface area contributed by atoms with Crippen LogP contribution in [0.5, 0.6) is 11.5 Å². The first-order valence-electron chi connectivity index (χ1n) is 5.31. The summed E-state index contributed by atoms with van der Waals surface area (Å²) in [5.41, 5.74) is 1.55. The fourth-order valence-electron chi connectivity index (χ4n) is 2.28. The summed E-state index contributed by atoms with van der Waals surface area (Å²) in [5.74, 6) is 0.523. The van der Waals surface area contributed by atoms with Crippen LogP contribution < -0.4 is 0 Å². The second-order valence-electron chi connectivity index (χ2n) is 4.00. The average molecular weight is 216 g/mol. The number of phenolic OH excluding ortho intramolecular Hbond substituents is 2. The molecule has 2 aromatic carbocycles. The summed E-state index contributed by atoms with van der Waals surface area (Å²) in [4.78, 5) is 0. The van der Waals surface area contributed by atoms with E-state index in [1.807, 2.05) is 18.2 Å². The van der Waals surface area contributed by atoms with Crippen molar-refractivity contribution in [3.8, 4) is 11.5 Å². The van der Waals surface area contributed by atoms with Crippen LogP contribution in [0.1, 0.15) is 11.1 Å². The smallest absolute Gasteiger partial charge is 0.129 e. The van der Waals surface area contributed by atoms with Crippen molar-refractivity contribution in [3.63, 3.8) is 0 Å². The van der Waals surface area contributed by atoms with Gasteiger partial charge in [-0.25, -0.2) is 0 Å². The molecular weight excluding hydrogens is 204 g/mol. The molecule has 0 saturated carbocycles. The van der Waals surface area contributed by atoms with Gasteiger partial charge in [0.05, 0.1) is 13.2 Å². The van der Waals surface area contributed by atoms with E-state index in [0.29, 0.717) is 30.4 Å². The second-order valence-corrected chi connectivity index (χ2v) is 4.00. The molecule has 82 valence electrons. The fourth-order valence-corrected chi connectivity index (χ4v) is 2.28. The number of hydrogen-bond acceptors (Lipinski definition) is 3. The summed E-state index contributed by atoms with van der Waals surface area (Å²) >= 11 is 0. The molecule has 2 N–H and O–H groups in total. The maximum Gasteiger partial charge on any atom is 0.129 e. The zero-order valence-electron chi connectivity index (χ0n) is 8.73. The van der Waals surface area contributed by atoms with Crippen LogP contribution in [0.3, 0.4) is 0 Å². The molecule has 1 aliphatic heterocycles. The monoisotopic (exact) mass is 216 g/mol. The summed E-state index contributed by atoms with van der Waals surface area (Å²) in [6, 6.07) is 7.32. The van der Waals surface area contributed by atoms with Gasteiger partial charge in [-0.3, -0.25) is 0 Å². The quantitative estimate of drug-likeness (QED) is 0.664. The van der Waals surface area contributed by atoms with E-state index in [2.05, 4.69) is 0 Å². The van der Waals surface area contributed by atoms with E-state index in [-0.39, 0.29) is 11.5 Å². The van der Waals surface area contributed by atoms with Crippen LogP contribution in [0.2, 0.25) is 0 Å². The molecule has 2 aromatic rings. The summed E-state index contributed by atoms with van der Waals surface area (Å²) in [5, 5.41) is 21.7. The molecule has 0 fully saturated rings. The first-order valence-corrected chi connectivity index (χ1v) is 5.31. The molecule has 1 aliphatic rings. The number of benzene rings is 2. The highest BCUT2D eigenvalue weighted by Gasteiger charge is 2.21. The van der Waals surface area contributed by atoms with Crippen LogP contribution in [0.4, 0.5) is 0 Å². The molecule has 0 bridgehead atoms. The maximum absolute atomic E-state index is 10.2. The Labute approximate surface area is 92.9 Å². The van der Waals surface area contributed by atoms with Crippen molar-refractivity contribution in [2.45, 2.75) is 13.0 Å². The third kappa shape index (κ3) is 1.18. The molecule has 3 heteroatoms. The van der Waals surface area contributed by atoms with Crippen molar-refractivity contribution >= 4 is 10.8 Å². The summed E-state index contributed by atoms with van der Waals surface area (Å²) in [6.07, 6.45) is 0.652. The zero-order valence-corrected chi connectivity index (χ0v) is 8.73. The summed E-state index contributed by atoms with van der Waals surface area (Å²) in [7, 11) is 0. The van der Waals surface area contributed by atoms with Crippen molar-refractivity contribution in [2.24, 2.45) is 0 Å². The first kappa shape index (κ1) is 9.48. The topological polar surface area (TPSA) is 49.7 Å². The van der Waals surface area contributed by atoms with Crippen LogP contribution in [-0.4, -0.2) is 16.8 Å². The normalized spacial score (nSPS) is 15.0. The highest BCUT2D eigenvalue weighted by molar-refractivity contribution is 5.95. The highest BCUT2D eigenvalue weighted by atomic mass is 16.5. The van der Waals surface area contributed by atoms with Crippen LogP contribution in [0, 0.1) is 0 Å². The fraction of sp³-hybridized carbons (Fsp3) is 0.231. The van der Waals surface area contributed by atoms with E-state index in [1.165, 1.54) is 0 Å². The van der Waals surface area contributed by atoms with E-state index < -0.39 is 0 Å². The van der Waals surface area contributed by atoms with Gasteiger partial charge in [0.2, 0.25) is 0 Å². The Morgan fingerprint density at radius 3 is 2.25 bits per heavy atom. The Bertz CT molecular complexity index is 510. The van der Waals surface area contributed by atoms with E-state index in [1.54, 1.807) is 6.07 Å². The first-order chi connectivity index (χ1) is 7.79. The Kier molecular flexibility index (Phi) is 2.01. The molecule has 0 spiro atoms. The Morgan fingerprint density at radius 2 is 1.56 bits per heavy atom. The number of hydrogen-bond donors (Lipinski definition) is 2. The van der Waals surface area contributed by atoms with E-state index in [0.717, 1.165) is 11.1 Å². The zero-order chi connectivity index (χ0) is 11.1. The Hall–Kier alpha value is -1.74. The molecule has 0 amide bonds. The number of phenols is 2. The van der Waals surface area contributed by atoms with Gasteiger partial charge in [0.1, 0.15) is 11.5 Å². The van der Waals surface area contributed by atoms with Gasteiger partial charge >= 0.3 is 0 Å². The summed E-state index contributed by atoms with van der Waals surface area (Å²) < 4.78 is 5.31. The highest BCUT2D eigenvalue weighted by Crippen LogP contribution is 2.41. The Balaban J connectivity index is 2.44. The molecule has 16 heavy (non-hydrogen) atoms. The molecule has 3 rings (SSSR count). The second kappa shape index (κ2) is 3.39. The van der Waals surface area contributed by atoms with Gasteiger partial charge < -0.3 is 14.9 Å². The van der Waals surface area contributed by atoms with Gasteiger partial charge in [-0.1, -0.05) is 24.3 Å². The molecule has 0 radical (unpaired) electrons. The van der Waals surface area contributed by atoms with Gasteiger partial charge in [0.25, 0.3) is 0 Å². The lowest BCUT2D eigenvalue weighted by atomic mass is 9.95. The third-order valence-electron chi connectivity index (χ3n) is 3.12. The van der Waals surface area contributed by atoms with Crippen LogP contribution in [-0.2, 0) is 17.8 Å². The molecule has 3 nitrogen and oxygen atoms in total. The molecule has 0 saturated heterocycles. The molecule has 0 unspecified atom stereocenters. The van der Waals surface area contributed by atoms with Crippen molar-refractivity contribution in [1.82, 2.24) is 0 Å². The van der Waals surface area contributed by atoms with Crippen molar-refractivity contribution in [2.75, 3.05) is 6.61 Å². The van der Waals surface area contributed by atoms with Crippen molar-refractivity contribution in [3.05, 3.63) is 35.4 Å². The van der Waals surface area contributed by atoms with Crippen LogP contribution in [0.15, 0.2) is 24.3 Å². The molecule has 1 heterocycles. The largest absolute Gasteiger partial charge is 0.507 e. The van der Waals surface area contributed by atoms with Crippen molar-refractivity contribution in [1.29, 1.82) is 0 Å². The van der Waals surface area contributed by atoms with Gasteiger partial charge in [-0.05, 0) is 6.42 Å². The third-order valence-corrected chi connectivity index (χ3v) is 3.12. The minimum absolute atomic E-state index is 0.239. The average Bonchev–Trinajstić information content (AvgIpc) is 2.36. The number of ether oxygens (including phenoxy) is 1. The number of rotatable bonds is 0. The molecule has 0 aromatic heterocycles. The summed E-state index contributed by atoms with van der Waals surface area (Å²) in [6.45, 7) is 0.970. The Morgan fingerprint density at radius 1 is 0.938 bits per heavy atom. The van der Waals surface area contributed by atoms with Crippen LogP contribution >= 0.6 is 0 Å². The van der Waals surface area contributed by atoms with E-state index >= 15 is 0 Å². The standard InChI is InChI=1S/C13H12O3/c14-12-8-3-1-2-4-9(8)13(15)11-7-16-6-5-10(11)12/h1-4,14-15H,5-7H2. The molecule has 0 aliphatic carbocycles. The predicted molar refractivity (Wildman–Crippen MR) is 60.6 cm³/mol. The molecular formula is C13H12O3. The van der Waals surface area contributed by atoms with Gasteiger partial charge in [-0.15, -0.1) is 0 Å². The molecule has 0 atom stereocenters. The van der Waals surface area contributed by atoms with Gasteiger partial charge in [0, 0.05) is 21.9 Å². The van der Waals surface area contributed by atoms with Gasteiger partial charge in [-0.2, -0.15) is 0 Å².